The predicted molar refractivity (Wildman–Crippen MR) is 116 cm³/mol. The van der Waals surface area contributed by atoms with Crippen molar-refractivity contribution in [3.8, 4) is 11.4 Å². The molecule has 0 atom stereocenters. The molecule has 4 rings (SSSR count). The Morgan fingerprint density at radius 2 is 1.83 bits per heavy atom. The molecular weight excluding hydrogens is 402 g/mol. The summed E-state index contributed by atoms with van der Waals surface area (Å²) in [7, 11) is 1.57. The van der Waals surface area contributed by atoms with Crippen molar-refractivity contribution in [3.05, 3.63) is 71.2 Å². The lowest BCUT2D eigenvalue weighted by molar-refractivity contribution is -0.119. The number of para-hydroxylation sites is 1. The summed E-state index contributed by atoms with van der Waals surface area (Å²) in [5, 5.41) is 8.12. The van der Waals surface area contributed by atoms with Gasteiger partial charge in [-0.3, -0.25) is 4.79 Å². The number of aromatic nitrogens is 2. The molecule has 2 aromatic carbocycles. The van der Waals surface area contributed by atoms with Crippen LogP contribution >= 0.6 is 11.3 Å². The topological polar surface area (TPSA) is 82.4 Å². The Kier molecular flexibility index (Phi) is 5.49. The number of ether oxygens (including phenoxy) is 2. The number of hydrogen-bond donors (Lipinski definition) is 1. The summed E-state index contributed by atoms with van der Waals surface area (Å²) in [6, 6.07) is 18.3. The Balaban J connectivity index is 1.44. The number of rotatable bonds is 6. The van der Waals surface area contributed by atoms with E-state index in [-0.39, 0.29) is 6.61 Å². The van der Waals surface area contributed by atoms with Crippen LogP contribution in [0.2, 0.25) is 0 Å². The monoisotopic (exact) mass is 421 g/mol. The van der Waals surface area contributed by atoms with E-state index in [1.807, 2.05) is 41.9 Å². The second-order valence-electron chi connectivity index (χ2n) is 6.52. The third kappa shape index (κ3) is 4.04. The number of carbonyl (C=O) groups is 2. The minimum atomic E-state index is -0.542. The van der Waals surface area contributed by atoms with Crippen LogP contribution < -0.4 is 10.1 Å². The van der Waals surface area contributed by atoms with Gasteiger partial charge in [0.25, 0.3) is 5.91 Å². The Morgan fingerprint density at radius 1 is 1.10 bits per heavy atom. The molecule has 1 N–H and O–H groups in total. The number of anilines is 1. The molecule has 0 unspecified atom stereocenters. The number of aryl methyl sites for hydroxylation is 1. The lowest BCUT2D eigenvalue weighted by Gasteiger charge is -2.07. The number of nitrogens with one attached hydrogen (secondary N) is 1. The zero-order valence-electron chi connectivity index (χ0n) is 16.4. The molecule has 1 amide bonds. The van der Waals surface area contributed by atoms with Crippen LogP contribution in [-0.4, -0.2) is 35.4 Å². The number of nitrogens with zero attached hydrogens (tertiary/aromatic N) is 2. The van der Waals surface area contributed by atoms with Crippen LogP contribution in [0.1, 0.15) is 15.4 Å². The number of fused-ring (bicyclic) bond motifs is 1. The zero-order chi connectivity index (χ0) is 21.1. The van der Waals surface area contributed by atoms with Gasteiger partial charge in [-0.1, -0.05) is 18.2 Å². The number of thiophene rings is 1. The number of carbonyl (C=O) groups excluding carboxylic acids is 2. The van der Waals surface area contributed by atoms with Crippen molar-refractivity contribution >= 4 is 39.1 Å². The normalized spacial score (nSPS) is 10.7. The molecule has 0 aliphatic heterocycles. The Hall–Kier alpha value is -3.65. The standard InChI is InChI=1S/C22H19N3O4S/c1-14-18-12-19(30-21(18)25(24-14)16-6-4-3-5-7-16)22(27)29-13-20(26)23-15-8-10-17(28-2)11-9-15/h3-12H,13H2,1-2H3,(H,23,26). The van der Waals surface area contributed by atoms with Gasteiger partial charge in [-0.05, 0) is 49.4 Å². The minimum absolute atomic E-state index is 0.372. The summed E-state index contributed by atoms with van der Waals surface area (Å²) in [6.07, 6.45) is 0. The SMILES string of the molecule is COc1ccc(NC(=O)COC(=O)c2cc3c(C)nn(-c4ccccc4)c3s2)cc1. The van der Waals surface area contributed by atoms with Crippen molar-refractivity contribution in [2.45, 2.75) is 6.92 Å². The highest BCUT2D eigenvalue weighted by Gasteiger charge is 2.19. The van der Waals surface area contributed by atoms with Crippen LogP contribution in [-0.2, 0) is 9.53 Å². The van der Waals surface area contributed by atoms with Crippen molar-refractivity contribution < 1.29 is 19.1 Å². The van der Waals surface area contributed by atoms with Crippen molar-refractivity contribution in [2.75, 3.05) is 19.0 Å². The zero-order valence-corrected chi connectivity index (χ0v) is 17.2. The Labute approximate surface area is 176 Å². The fraction of sp³-hybridized carbons (Fsp3) is 0.136. The number of esters is 1. The van der Waals surface area contributed by atoms with Crippen LogP contribution in [0.4, 0.5) is 5.69 Å². The first-order chi connectivity index (χ1) is 14.5. The van der Waals surface area contributed by atoms with E-state index in [1.165, 1.54) is 11.3 Å². The minimum Gasteiger partial charge on any atom is -0.497 e. The number of benzene rings is 2. The van der Waals surface area contributed by atoms with Crippen molar-refractivity contribution in [1.29, 1.82) is 0 Å². The summed E-state index contributed by atoms with van der Waals surface area (Å²) in [5.41, 5.74) is 2.33. The van der Waals surface area contributed by atoms with E-state index in [0.29, 0.717) is 16.3 Å². The third-order valence-electron chi connectivity index (χ3n) is 4.45. The lowest BCUT2D eigenvalue weighted by Crippen LogP contribution is -2.20. The van der Waals surface area contributed by atoms with Gasteiger partial charge in [-0.15, -0.1) is 11.3 Å². The van der Waals surface area contributed by atoms with Crippen LogP contribution in [0.25, 0.3) is 15.9 Å². The van der Waals surface area contributed by atoms with Gasteiger partial charge in [0.05, 0.1) is 18.5 Å². The molecule has 0 aliphatic carbocycles. The molecular formula is C22H19N3O4S. The highest BCUT2D eigenvalue weighted by Crippen LogP contribution is 2.30. The molecule has 0 radical (unpaired) electrons. The first-order valence-corrected chi connectivity index (χ1v) is 10.0. The number of amides is 1. The number of methoxy groups -OCH3 is 1. The van der Waals surface area contributed by atoms with E-state index >= 15 is 0 Å². The first kappa shape index (κ1) is 19.7. The summed E-state index contributed by atoms with van der Waals surface area (Å²) in [6.45, 7) is 1.52. The summed E-state index contributed by atoms with van der Waals surface area (Å²) in [4.78, 5) is 25.8. The van der Waals surface area contributed by atoms with E-state index in [9.17, 15) is 9.59 Å². The molecule has 0 spiro atoms. The number of hydrogen-bond acceptors (Lipinski definition) is 6. The van der Waals surface area contributed by atoms with Gasteiger partial charge in [0.2, 0.25) is 0 Å². The maximum absolute atomic E-state index is 12.5. The van der Waals surface area contributed by atoms with Crippen LogP contribution in [0.3, 0.4) is 0 Å². The van der Waals surface area contributed by atoms with Crippen molar-refractivity contribution in [2.24, 2.45) is 0 Å². The van der Waals surface area contributed by atoms with Gasteiger partial charge in [-0.25, -0.2) is 9.48 Å². The average molecular weight is 421 g/mol. The smallest absolute Gasteiger partial charge is 0.348 e. The van der Waals surface area contributed by atoms with Crippen LogP contribution in [0.15, 0.2) is 60.7 Å². The van der Waals surface area contributed by atoms with E-state index in [2.05, 4.69) is 10.4 Å². The molecule has 2 heterocycles. The van der Waals surface area contributed by atoms with Gasteiger partial charge in [0, 0.05) is 11.1 Å². The molecule has 0 saturated heterocycles. The fourth-order valence-electron chi connectivity index (χ4n) is 2.97. The van der Waals surface area contributed by atoms with Crippen molar-refractivity contribution in [1.82, 2.24) is 9.78 Å². The van der Waals surface area contributed by atoms with Gasteiger partial charge in [-0.2, -0.15) is 5.10 Å². The van der Waals surface area contributed by atoms with E-state index < -0.39 is 11.9 Å². The third-order valence-corrected chi connectivity index (χ3v) is 5.55. The van der Waals surface area contributed by atoms with Gasteiger partial charge >= 0.3 is 5.97 Å². The molecule has 0 saturated carbocycles. The second kappa shape index (κ2) is 8.38. The summed E-state index contributed by atoms with van der Waals surface area (Å²) in [5.74, 6) is -0.269. The molecule has 30 heavy (non-hydrogen) atoms. The van der Waals surface area contributed by atoms with Gasteiger partial charge < -0.3 is 14.8 Å². The molecule has 2 aromatic heterocycles. The molecule has 152 valence electrons. The Bertz CT molecular complexity index is 1200. The molecule has 0 bridgehead atoms. The van der Waals surface area contributed by atoms with Gasteiger partial charge in [0.15, 0.2) is 6.61 Å². The van der Waals surface area contributed by atoms with Crippen LogP contribution in [0.5, 0.6) is 5.75 Å². The summed E-state index contributed by atoms with van der Waals surface area (Å²) >= 11 is 1.29. The average Bonchev–Trinajstić information content (AvgIpc) is 3.34. The quantitative estimate of drug-likeness (QED) is 0.472. The van der Waals surface area contributed by atoms with E-state index in [0.717, 1.165) is 21.6 Å². The molecule has 7 nitrogen and oxygen atoms in total. The van der Waals surface area contributed by atoms with Crippen molar-refractivity contribution in [3.63, 3.8) is 0 Å². The highest BCUT2D eigenvalue weighted by molar-refractivity contribution is 7.20. The maximum atomic E-state index is 12.5. The van der Waals surface area contributed by atoms with Gasteiger partial charge in [0.1, 0.15) is 15.5 Å². The highest BCUT2D eigenvalue weighted by atomic mass is 32.1. The lowest BCUT2D eigenvalue weighted by atomic mass is 10.3. The molecule has 4 aromatic rings. The Morgan fingerprint density at radius 3 is 2.53 bits per heavy atom. The maximum Gasteiger partial charge on any atom is 0.348 e. The molecule has 0 aliphatic rings. The first-order valence-electron chi connectivity index (χ1n) is 9.21. The predicted octanol–water partition coefficient (Wildman–Crippen LogP) is 4.20. The largest absolute Gasteiger partial charge is 0.497 e. The van der Waals surface area contributed by atoms with E-state index in [4.69, 9.17) is 9.47 Å². The fourth-order valence-corrected chi connectivity index (χ4v) is 4.04. The van der Waals surface area contributed by atoms with E-state index in [1.54, 1.807) is 37.4 Å². The molecule has 0 fully saturated rings. The van der Waals surface area contributed by atoms with Crippen LogP contribution in [0, 0.1) is 6.92 Å². The second-order valence-corrected chi connectivity index (χ2v) is 7.55. The summed E-state index contributed by atoms with van der Waals surface area (Å²) < 4.78 is 12.1. The molecule has 8 heteroatoms.